The van der Waals surface area contributed by atoms with Crippen LogP contribution in [0, 0.1) is 0 Å². The van der Waals surface area contributed by atoms with Gasteiger partial charge < -0.3 is 39.2 Å². The number of nitrogen functional groups attached to an aromatic ring is 1. The van der Waals surface area contributed by atoms with E-state index >= 15 is 0 Å². The van der Waals surface area contributed by atoms with Gasteiger partial charge in [-0.25, -0.2) is 4.79 Å². The van der Waals surface area contributed by atoms with Crippen LogP contribution in [0.2, 0.25) is 0 Å². The largest absolute Gasteiger partial charge is 0.493 e. The number of nitrogens with two attached hydrogens (primary N) is 1. The van der Waals surface area contributed by atoms with Gasteiger partial charge in [-0.1, -0.05) is 12.1 Å². The molecule has 0 atom stereocenters. The lowest BCUT2D eigenvalue weighted by atomic mass is 9.95. The van der Waals surface area contributed by atoms with Gasteiger partial charge in [0.25, 0.3) is 11.5 Å². The molecule has 6 rings (SSSR count). The molecule has 1 aromatic heterocycles. The van der Waals surface area contributed by atoms with E-state index in [2.05, 4.69) is 11.9 Å². The molecule has 280 valence electrons. The number of likely N-dealkylation sites (N-methyl/N-ethyl adjacent to an activating group) is 1. The summed E-state index contributed by atoms with van der Waals surface area (Å²) in [6.07, 6.45) is 0. The molecule has 0 bridgehead atoms. The molecule has 0 spiro atoms. The second kappa shape index (κ2) is 17.4. The number of aromatic nitrogens is 1. The fourth-order valence-corrected chi connectivity index (χ4v) is 6.25. The van der Waals surface area contributed by atoms with E-state index < -0.39 is 11.5 Å². The minimum Gasteiger partial charge on any atom is -0.493 e. The maximum Gasteiger partial charge on any atom is 0.355 e. The summed E-state index contributed by atoms with van der Waals surface area (Å²) in [4.78, 5) is 45.2. The minimum absolute atomic E-state index is 0. The van der Waals surface area contributed by atoms with E-state index in [4.69, 9.17) is 29.4 Å². The second-order valence-electron chi connectivity index (χ2n) is 12.1. The number of esters is 1. The van der Waals surface area contributed by atoms with Gasteiger partial charge in [0.15, 0.2) is 11.5 Å². The number of nitrogens with zero attached hydrogens (tertiary/aromatic N) is 3. The van der Waals surface area contributed by atoms with Gasteiger partial charge in [0.2, 0.25) is 5.75 Å². The quantitative estimate of drug-likeness (QED) is 0.136. The number of carbonyl (C=O) groups excluding carboxylic acids is 2. The minimum atomic E-state index is -0.732. The monoisotopic (exact) mass is 764 g/mol. The Hall–Kier alpha value is -5.43. The highest BCUT2D eigenvalue weighted by atomic mass is 35.5. The van der Waals surface area contributed by atoms with Gasteiger partial charge in [0.1, 0.15) is 18.1 Å². The zero-order chi connectivity index (χ0) is 36.2. The summed E-state index contributed by atoms with van der Waals surface area (Å²) < 4.78 is 29.6. The van der Waals surface area contributed by atoms with Crippen LogP contribution in [0.4, 0.5) is 5.69 Å². The van der Waals surface area contributed by atoms with Crippen molar-refractivity contribution in [1.82, 2.24) is 14.4 Å². The van der Waals surface area contributed by atoms with E-state index in [1.165, 1.54) is 33.0 Å². The van der Waals surface area contributed by atoms with Crippen LogP contribution in [-0.4, -0.2) is 87.9 Å². The van der Waals surface area contributed by atoms with Crippen molar-refractivity contribution in [3.8, 4) is 39.8 Å². The Morgan fingerprint density at radius 3 is 1.94 bits per heavy atom. The van der Waals surface area contributed by atoms with Gasteiger partial charge in [-0.2, -0.15) is 0 Å². The van der Waals surface area contributed by atoms with Crippen molar-refractivity contribution in [2.24, 2.45) is 0 Å². The van der Waals surface area contributed by atoms with Crippen molar-refractivity contribution < 1.29 is 33.3 Å². The molecular formula is C39H42Cl2N4O8. The number of amides is 1. The number of rotatable bonds is 10. The first-order valence-corrected chi connectivity index (χ1v) is 16.3. The standard InChI is InChI=1S/C39H40N4O8.2ClH/c1-41-16-18-42(19-17-41)37(44)25-8-6-24(7-9-25)23-51-29-14-15-30-31(22-29)38(45)43(28-12-10-27(40)11-13-28)35(39(46)50-5)34(30)26-20-32(47-2)36(49-4)33(21-26)48-3;;/h6-15,20-22H,16-19,23,40H2,1-5H3;2*1H. The molecule has 53 heavy (non-hydrogen) atoms. The molecule has 0 aliphatic carbocycles. The molecule has 2 heterocycles. The number of ether oxygens (including phenoxy) is 5. The Labute approximate surface area is 319 Å². The second-order valence-corrected chi connectivity index (χ2v) is 12.1. The van der Waals surface area contributed by atoms with Crippen molar-refractivity contribution in [1.29, 1.82) is 0 Å². The number of halogens is 2. The van der Waals surface area contributed by atoms with Crippen LogP contribution in [-0.2, 0) is 11.3 Å². The Morgan fingerprint density at radius 1 is 0.755 bits per heavy atom. The van der Waals surface area contributed by atoms with Crippen LogP contribution in [0.25, 0.3) is 27.6 Å². The first-order valence-electron chi connectivity index (χ1n) is 16.3. The number of hydrogen-bond acceptors (Lipinski definition) is 10. The maximum absolute atomic E-state index is 14.4. The molecular weight excluding hydrogens is 723 g/mol. The Bertz CT molecular complexity index is 2120. The average molecular weight is 766 g/mol. The number of benzene rings is 4. The molecule has 4 aromatic carbocycles. The highest BCUT2D eigenvalue weighted by Crippen LogP contribution is 2.44. The summed E-state index contributed by atoms with van der Waals surface area (Å²) in [5, 5.41) is 0.759. The zero-order valence-corrected chi connectivity index (χ0v) is 31.7. The summed E-state index contributed by atoms with van der Waals surface area (Å²) in [5.74, 6) is 0.797. The van der Waals surface area contributed by atoms with E-state index in [9.17, 15) is 14.4 Å². The molecule has 0 unspecified atom stereocenters. The Morgan fingerprint density at radius 2 is 1.38 bits per heavy atom. The molecule has 1 aliphatic rings. The van der Waals surface area contributed by atoms with Crippen molar-refractivity contribution in [2.45, 2.75) is 6.61 Å². The third kappa shape index (κ3) is 8.15. The van der Waals surface area contributed by atoms with Crippen LogP contribution >= 0.6 is 24.8 Å². The highest BCUT2D eigenvalue weighted by molar-refractivity contribution is 6.08. The van der Waals surface area contributed by atoms with Crippen molar-refractivity contribution in [3.05, 3.63) is 106 Å². The maximum atomic E-state index is 14.4. The molecule has 0 saturated carbocycles. The molecule has 14 heteroatoms. The molecule has 1 saturated heterocycles. The van der Waals surface area contributed by atoms with Crippen LogP contribution in [0.5, 0.6) is 23.0 Å². The zero-order valence-electron chi connectivity index (χ0n) is 30.0. The molecule has 0 radical (unpaired) electrons. The van der Waals surface area contributed by atoms with Crippen molar-refractivity contribution in [3.63, 3.8) is 0 Å². The molecule has 2 N–H and O–H groups in total. The van der Waals surface area contributed by atoms with Gasteiger partial charge >= 0.3 is 5.97 Å². The van der Waals surface area contributed by atoms with Gasteiger partial charge in [-0.15, -0.1) is 24.8 Å². The average Bonchev–Trinajstić information content (AvgIpc) is 3.16. The number of piperazine rings is 1. The van der Waals surface area contributed by atoms with Crippen molar-refractivity contribution in [2.75, 3.05) is 67.4 Å². The van der Waals surface area contributed by atoms with Crippen LogP contribution in [0.3, 0.4) is 0 Å². The smallest absolute Gasteiger partial charge is 0.355 e. The normalized spacial score (nSPS) is 12.7. The SMILES string of the molecule is COC(=O)c1c(-c2cc(OC)c(OC)c(OC)c2)c2ccc(OCc3ccc(C(=O)N4CCN(C)CC4)cc3)cc2c(=O)n1-c1ccc(N)cc1.Cl.Cl. The summed E-state index contributed by atoms with van der Waals surface area (Å²) in [7, 11) is 7.81. The van der Waals surface area contributed by atoms with Gasteiger partial charge in [-0.05, 0) is 90.3 Å². The summed E-state index contributed by atoms with van der Waals surface area (Å²) in [5.41, 5.74) is 8.79. The predicted octanol–water partition coefficient (Wildman–Crippen LogP) is 5.86. The molecule has 12 nitrogen and oxygen atoms in total. The van der Waals surface area contributed by atoms with Gasteiger partial charge in [0.05, 0.1) is 33.8 Å². The van der Waals surface area contributed by atoms with E-state index in [0.29, 0.717) is 69.5 Å². The predicted molar refractivity (Wildman–Crippen MR) is 209 cm³/mol. The first-order chi connectivity index (χ1) is 24.7. The number of carbonyl (C=O) groups is 2. The van der Waals surface area contributed by atoms with Gasteiger partial charge in [0, 0.05) is 48.7 Å². The number of methoxy groups -OCH3 is 4. The number of pyridine rings is 1. The van der Waals surface area contributed by atoms with E-state index in [1.807, 2.05) is 29.2 Å². The number of anilines is 1. The van der Waals surface area contributed by atoms with Crippen LogP contribution in [0.15, 0.2) is 83.7 Å². The molecule has 1 aliphatic heterocycles. The summed E-state index contributed by atoms with van der Waals surface area (Å²) in [6, 6.07) is 22.5. The van der Waals surface area contributed by atoms with Crippen LogP contribution in [0.1, 0.15) is 26.4 Å². The lowest BCUT2D eigenvalue weighted by Gasteiger charge is -2.32. The lowest BCUT2D eigenvalue weighted by Crippen LogP contribution is -2.47. The van der Waals surface area contributed by atoms with Gasteiger partial charge in [-0.3, -0.25) is 14.2 Å². The third-order valence-electron chi connectivity index (χ3n) is 9.03. The molecule has 1 fully saturated rings. The number of fused-ring (bicyclic) bond motifs is 1. The Balaban J connectivity index is 0.00000314. The van der Waals surface area contributed by atoms with E-state index in [1.54, 1.807) is 54.6 Å². The molecule has 5 aromatic rings. The molecule has 1 amide bonds. The Kier molecular flexibility index (Phi) is 13.2. The van der Waals surface area contributed by atoms with Crippen molar-refractivity contribution >= 4 is 53.2 Å². The lowest BCUT2D eigenvalue weighted by molar-refractivity contribution is 0.0590. The fourth-order valence-electron chi connectivity index (χ4n) is 6.25. The highest BCUT2D eigenvalue weighted by Gasteiger charge is 2.27. The first kappa shape index (κ1) is 40.3. The summed E-state index contributed by atoms with van der Waals surface area (Å²) >= 11 is 0. The fraction of sp³-hybridized carbons (Fsp3) is 0.256. The van der Waals surface area contributed by atoms with E-state index in [0.717, 1.165) is 18.7 Å². The summed E-state index contributed by atoms with van der Waals surface area (Å²) in [6.45, 7) is 3.29. The third-order valence-corrected chi connectivity index (χ3v) is 9.03. The van der Waals surface area contributed by atoms with E-state index in [-0.39, 0.29) is 48.4 Å². The van der Waals surface area contributed by atoms with Crippen LogP contribution < -0.4 is 30.2 Å². The number of hydrogen-bond donors (Lipinski definition) is 1. The topological polar surface area (TPSA) is 135 Å².